The second-order valence-electron chi connectivity index (χ2n) is 6.25. The van der Waals surface area contributed by atoms with Crippen LogP contribution in [0.4, 0.5) is 10.1 Å². The maximum Gasteiger partial charge on any atom is 0.274 e. The van der Waals surface area contributed by atoms with Gasteiger partial charge in [0.2, 0.25) is 0 Å². The van der Waals surface area contributed by atoms with E-state index in [1.165, 1.54) is 0 Å². The van der Waals surface area contributed by atoms with Crippen molar-refractivity contribution in [2.24, 2.45) is 0 Å². The molecule has 0 heterocycles. The monoisotopic (exact) mass is 332 g/mol. The highest BCUT2D eigenvalue weighted by Gasteiger charge is 2.25. The van der Waals surface area contributed by atoms with Gasteiger partial charge in [0.25, 0.3) is 5.69 Å². The zero-order valence-corrected chi connectivity index (χ0v) is 14.0. The Labute approximate surface area is 130 Å². The highest BCUT2D eigenvalue weighted by molar-refractivity contribution is 7.90. The molecule has 0 unspecified atom stereocenters. The number of nitrogens with zero attached hydrogens (tertiary/aromatic N) is 2. The molecule has 0 saturated heterocycles. The van der Waals surface area contributed by atoms with Gasteiger partial charge in [0.05, 0.1) is 10.7 Å². The highest BCUT2D eigenvalue weighted by atomic mass is 32.2. The number of hydrogen-bond donors (Lipinski definition) is 0. The molecular formula is C14H21FN2O4S. The van der Waals surface area contributed by atoms with Crippen LogP contribution in [-0.4, -0.2) is 42.3 Å². The van der Waals surface area contributed by atoms with Gasteiger partial charge in [0.15, 0.2) is 0 Å². The molecule has 6 nitrogen and oxygen atoms in total. The Hall–Kier alpha value is -1.54. The number of benzene rings is 1. The zero-order valence-electron chi connectivity index (χ0n) is 13.2. The Balaban J connectivity index is 3.09. The Morgan fingerprint density at radius 2 is 1.91 bits per heavy atom. The van der Waals surface area contributed by atoms with E-state index in [0.717, 1.165) is 24.5 Å². The fourth-order valence-electron chi connectivity index (χ4n) is 1.99. The van der Waals surface area contributed by atoms with Crippen molar-refractivity contribution in [3.63, 3.8) is 0 Å². The van der Waals surface area contributed by atoms with Crippen LogP contribution in [0.3, 0.4) is 0 Å². The van der Waals surface area contributed by atoms with Crippen LogP contribution in [-0.2, 0) is 16.4 Å². The highest BCUT2D eigenvalue weighted by Crippen LogP contribution is 2.24. The van der Waals surface area contributed by atoms with E-state index >= 15 is 0 Å². The number of sulfone groups is 1. The summed E-state index contributed by atoms with van der Waals surface area (Å²) in [6, 6.07) is 3.29. The maximum atomic E-state index is 13.4. The average molecular weight is 332 g/mol. The molecule has 8 heteroatoms. The minimum absolute atomic E-state index is 0.0621. The van der Waals surface area contributed by atoms with Gasteiger partial charge in [-0.3, -0.25) is 15.0 Å². The van der Waals surface area contributed by atoms with Gasteiger partial charge < -0.3 is 0 Å². The summed E-state index contributed by atoms with van der Waals surface area (Å²) in [6.07, 6.45) is 1.14. The molecule has 0 aromatic heterocycles. The van der Waals surface area contributed by atoms with Crippen molar-refractivity contribution in [3.8, 4) is 0 Å². The van der Waals surface area contributed by atoms with Crippen molar-refractivity contribution < 1.29 is 17.7 Å². The molecule has 0 atom stereocenters. The third-order valence-corrected chi connectivity index (χ3v) is 4.20. The standard InChI is InChI=1S/C14H21FN2O4S/c1-14(2,3)16(7-8-22(4,20)21)10-11-9-12(15)5-6-13(11)17(18)19/h5-6,9H,7-8,10H2,1-4H3. The molecule has 0 amide bonds. The first-order chi connectivity index (χ1) is 9.90. The van der Waals surface area contributed by atoms with Gasteiger partial charge in [-0.05, 0) is 32.9 Å². The van der Waals surface area contributed by atoms with E-state index in [-0.39, 0.29) is 30.1 Å². The normalized spacial score (nSPS) is 12.6. The van der Waals surface area contributed by atoms with E-state index < -0.39 is 26.1 Å². The summed E-state index contributed by atoms with van der Waals surface area (Å²) < 4.78 is 36.1. The molecular weight excluding hydrogens is 311 g/mol. The average Bonchev–Trinajstić information content (AvgIpc) is 2.31. The van der Waals surface area contributed by atoms with Gasteiger partial charge in [-0.25, -0.2) is 12.8 Å². The van der Waals surface area contributed by atoms with Crippen molar-refractivity contribution in [2.45, 2.75) is 32.9 Å². The van der Waals surface area contributed by atoms with E-state index in [9.17, 15) is 22.9 Å². The summed E-state index contributed by atoms with van der Waals surface area (Å²) >= 11 is 0. The minimum atomic E-state index is -3.16. The lowest BCUT2D eigenvalue weighted by molar-refractivity contribution is -0.385. The second kappa shape index (κ2) is 6.70. The minimum Gasteiger partial charge on any atom is -0.293 e. The van der Waals surface area contributed by atoms with E-state index in [2.05, 4.69) is 0 Å². The third kappa shape index (κ3) is 5.69. The van der Waals surface area contributed by atoms with Crippen LogP contribution in [0.1, 0.15) is 26.3 Å². The smallest absolute Gasteiger partial charge is 0.274 e. The first kappa shape index (κ1) is 18.5. The predicted molar refractivity (Wildman–Crippen MR) is 82.9 cm³/mol. The van der Waals surface area contributed by atoms with E-state index in [4.69, 9.17) is 0 Å². The second-order valence-corrected chi connectivity index (χ2v) is 8.51. The maximum absolute atomic E-state index is 13.4. The SMILES string of the molecule is CC(C)(C)N(CCS(C)(=O)=O)Cc1cc(F)ccc1[N+](=O)[O-]. The summed E-state index contributed by atoms with van der Waals surface area (Å²) in [5.74, 6) is -0.620. The topological polar surface area (TPSA) is 80.5 Å². The van der Waals surface area contributed by atoms with Crippen LogP contribution in [0, 0.1) is 15.9 Å². The molecule has 0 saturated carbocycles. The van der Waals surface area contributed by atoms with E-state index in [1.807, 2.05) is 20.8 Å². The number of rotatable bonds is 6. The molecule has 1 aromatic carbocycles. The first-order valence-corrected chi connectivity index (χ1v) is 8.82. The van der Waals surface area contributed by atoms with Crippen LogP contribution in [0.5, 0.6) is 0 Å². The summed E-state index contributed by atoms with van der Waals surface area (Å²) in [5, 5.41) is 11.1. The lowest BCUT2D eigenvalue weighted by Crippen LogP contribution is -2.43. The van der Waals surface area contributed by atoms with Gasteiger partial charge in [-0.15, -0.1) is 0 Å². The Bertz CT molecular complexity index is 653. The lowest BCUT2D eigenvalue weighted by atomic mass is 10.0. The molecule has 0 radical (unpaired) electrons. The predicted octanol–water partition coefficient (Wildman–Crippen LogP) is 2.38. The summed E-state index contributed by atoms with van der Waals surface area (Å²) in [6.45, 7) is 5.95. The lowest BCUT2D eigenvalue weighted by Gasteiger charge is -2.35. The number of hydrogen-bond acceptors (Lipinski definition) is 5. The summed E-state index contributed by atoms with van der Waals surface area (Å²) in [4.78, 5) is 12.3. The third-order valence-electron chi connectivity index (χ3n) is 3.28. The van der Waals surface area contributed by atoms with E-state index in [1.54, 1.807) is 4.90 Å². The molecule has 124 valence electrons. The van der Waals surface area contributed by atoms with Crippen molar-refractivity contribution in [2.75, 3.05) is 18.6 Å². The van der Waals surface area contributed by atoms with Gasteiger partial charge in [-0.1, -0.05) is 0 Å². The van der Waals surface area contributed by atoms with Crippen LogP contribution in [0.2, 0.25) is 0 Å². The number of nitro groups is 1. The molecule has 22 heavy (non-hydrogen) atoms. The molecule has 0 bridgehead atoms. The zero-order chi connectivity index (χ0) is 17.1. The van der Waals surface area contributed by atoms with Crippen molar-refractivity contribution in [1.29, 1.82) is 0 Å². The fraction of sp³-hybridized carbons (Fsp3) is 0.571. The van der Waals surface area contributed by atoms with Gasteiger partial charge in [0.1, 0.15) is 15.7 Å². The first-order valence-electron chi connectivity index (χ1n) is 6.76. The molecule has 0 N–H and O–H groups in total. The van der Waals surface area contributed by atoms with Crippen LogP contribution in [0.25, 0.3) is 0 Å². The molecule has 1 aromatic rings. The van der Waals surface area contributed by atoms with Gasteiger partial charge in [-0.2, -0.15) is 0 Å². The number of nitro benzene ring substituents is 1. The molecule has 1 rings (SSSR count). The summed E-state index contributed by atoms with van der Waals surface area (Å²) in [7, 11) is -3.16. The molecule has 0 spiro atoms. The van der Waals surface area contributed by atoms with Crippen molar-refractivity contribution in [3.05, 3.63) is 39.7 Å². The van der Waals surface area contributed by atoms with Gasteiger partial charge in [0, 0.05) is 36.5 Å². The van der Waals surface area contributed by atoms with E-state index in [0.29, 0.717) is 0 Å². The Morgan fingerprint density at radius 3 is 2.36 bits per heavy atom. The molecule has 0 aliphatic rings. The molecule has 0 fully saturated rings. The largest absolute Gasteiger partial charge is 0.293 e. The number of halogens is 1. The van der Waals surface area contributed by atoms with Crippen LogP contribution < -0.4 is 0 Å². The molecule has 0 aliphatic carbocycles. The van der Waals surface area contributed by atoms with Crippen LogP contribution in [0.15, 0.2) is 18.2 Å². The Kier molecular flexibility index (Phi) is 5.64. The van der Waals surface area contributed by atoms with Crippen molar-refractivity contribution >= 4 is 15.5 Å². The fourth-order valence-corrected chi connectivity index (χ4v) is 2.54. The van der Waals surface area contributed by atoms with Crippen molar-refractivity contribution in [1.82, 2.24) is 4.90 Å². The van der Waals surface area contributed by atoms with Crippen LogP contribution >= 0.6 is 0 Å². The Morgan fingerprint density at radius 1 is 1.32 bits per heavy atom. The quantitative estimate of drug-likeness (QED) is 0.590. The summed E-state index contributed by atoms with van der Waals surface area (Å²) in [5.41, 5.74) is -0.353. The molecule has 0 aliphatic heterocycles. The van der Waals surface area contributed by atoms with Gasteiger partial charge >= 0.3 is 0 Å².